The van der Waals surface area contributed by atoms with Gasteiger partial charge in [-0.2, -0.15) is 20.7 Å². The fraction of sp³-hybridized carbons (Fsp3) is 0.352. The van der Waals surface area contributed by atoms with Crippen molar-refractivity contribution in [3.05, 3.63) is 117 Å². The number of nitriles is 2. The van der Waals surface area contributed by atoms with Gasteiger partial charge in [-0.05, 0) is 99.5 Å². The topological polar surface area (TPSA) is 156 Å². The number of carbonyl (C=O) groups excluding carboxylic acids is 1. The normalized spacial score (nSPS) is 13.9. The van der Waals surface area contributed by atoms with Crippen molar-refractivity contribution < 1.29 is 13.6 Å². The van der Waals surface area contributed by atoms with Crippen molar-refractivity contribution >= 4 is 72.6 Å². The zero-order chi connectivity index (χ0) is 52.4. The number of benzene rings is 2. The molecule has 0 bridgehead atoms. The second-order valence-corrected chi connectivity index (χ2v) is 20.5. The minimum Gasteiger partial charge on any atom is -0.369 e. The molecule has 2 fully saturated rings. The Kier molecular flexibility index (Phi) is 15.2. The van der Waals surface area contributed by atoms with Crippen molar-refractivity contribution in [1.82, 2.24) is 44.3 Å². The van der Waals surface area contributed by atoms with Crippen LogP contribution in [0.2, 0.25) is 0 Å². The Bertz CT molecular complexity index is 3410. The van der Waals surface area contributed by atoms with Gasteiger partial charge in [0.15, 0.2) is 10.3 Å². The summed E-state index contributed by atoms with van der Waals surface area (Å²) in [5.74, 6) is -0.526. The van der Waals surface area contributed by atoms with Crippen LogP contribution < -0.4 is 24.9 Å². The third-order valence-electron chi connectivity index (χ3n) is 13.5. The average molecular weight is 1040 g/mol. The lowest BCUT2D eigenvalue weighted by Crippen LogP contribution is -2.49. The molecule has 6 aromatic heterocycles. The molecule has 0 unspecified atom stereocenters. The number of amides is 1. The highest BCUT2D eigenvalue weighted by molar-refractivity contribution is 7.17. The van der Waals surface area contributed by atoms with Crippen molar-refractivity contribution in [2.45, 2.75) is 40.5 Å². The number of aromatic nitrogens is 6. The standard InChI is InChI=1S/C29H33FN8OS.C25H26FN7S/c1-6-23-28(35(5)29-32-27(25(17-31)40-29)20-7-9-21(30)10-8-20)24-16-22(15-19(2)38(24)33-23)37-13-11-36(12-14-37)18-26(39)34(3)4;1-4-20-24(21-14-19(13-16(2)33(21)30-20)32-11-9-28-10-12-32)31(3)25-29-23(22(15-27)34-25)17-5-7-18(26)8-6-17/h7-10,15-16H,6,11-14,18H2,1-5H3;5-8,13-14,28H,4,9-12H2,1-3H3. The summed E-state index contributed by atoms with van der Waals surface area (Å²) in [5.41, 5.74) is 12.8. The van der Waals surface area contributed by atoms with Gasteiger partial charge in [0.05, 0.1) is 40.3 Å². The number of nitrogens with zero attached hydrogens (tertiary/aromatic N) is 14. The van der Waals surface area contributed by atoms with Gasteiger partial charge in [-0.1, -0.05) is 36.5 Å². The van der Waals surface area contributed by atoms with Crippen LogP contribution in [0.5, 0.6) is 0 Å². The predicted octanol–water partition coefficient (Wildman–Crippen LogP) is 8.83. The molecule has 1 amide bonds. The number of fused-ring (bicyclic) bond motifs is 2. The van der Waals surface area contributed by atoms with E-state index >= 15 is 0 Å². The zero-order valence-electron chi connectivity index (χ0n) is 42.9. The van der Waals surface area contributed by atoms with Gasteiger partial charge in [0.1, 0.15) is 44.9 Å². The van der Waals surface area contributed by atoms with E-state index in [1.54, 1.807) is 43.3 Å². The number of likely N-dealkylation sites (N-methyl/N-ethyl adjacent to an activating group) is 1. The smallest absolute Gasteiger partial charge is 0.236 e. The molecule has 16 nitrogen and oxygen atoms in total. The molecule has 8 heterocycles. The first-order valence-electron chi connectivity index (χ1n) is 24.7. The highest BCUT2D eigenvalue weighted by Crippen LogP contribution is 2.41. The fourth-order valence-corrected chi connectivity index (χ4v) is 11.2. The summed E-state index contributed by atoms with van der Waals surface area (Å²) in [5, 5.41) is 34.2. The van der Waals surface area contributed by atoms with Gasteiger partial charge in [-0.25, -0.2) is 27.8 Å². The summed E-state index contributed by atoms with van der Waals surface area (Å²) in [6.45, 7) is 15.9. The molecule has 0 spiro atoms. The Morgan fingerprint density at radius 1 is 0.649 bits per heavy atom. The molecule has 1 N–H and O–H groups in total. The lowest BCUT2D eigenvalue weighted by molar-refractivity contribution is -0.129. The van der Waals surface area contributed by atoms with Crippen molar-refractivity contribution in [2.24, 2.45) is 0 Å². The zero-order valence-corrected chi connectivity index (χ0v) is 44.6. The molecule has 74 heavy (non-hydrogen) atoms. The molecule has 2 aromatic carbocycles. The van der Waals surface area contributed by atoms with Crippen LogP contribution >= 0.6 is 22.7 Å². The van der Waals surface area contributed by atoms with Gasteiger partial charge in [-0.15, -0.1) is 0 Å². The number of pyridine rings is 2. The van der Waals surface area contributed by atoms with E-state index in [-0.39, 0.29) is 17.5 Å². The first kappa shape index (κ1) is 51.4. The first-order chi connectivity index (χ1) is 35.7. The number of piperazine rings is 2. The second kappa shape index (κ2) is 21.9. The van der Waals surface area contributed by atoms with Gasteiger partial charge in [0.2, 0.25) is 5.91 Å². The van der Waals surface area contributed by atoms with Gasteiger partial charge in [0.25, 0.3) is 0 Å². The minimum atomic E-state index is -0.330. The van der Waals surface area contributed by atoms with E-state index in [1.807, 2.05) is 32.9 Å². The average Bonchev–Trinajstić information content (AvgIpc) is 4.23. The molecule has 2 aliphatic rings. The minimum absolute atomic E-state index is 0.120. The molecule has 10 rings (SSSR count). The van der Waals surface area contributed by atoms with E-state index in [9.17, 15) is 24.1 Å². The SMILES string of the molecule is CCc1nn2c(C)cc(N3CCN(CC(=O)N(C)C)CC3)cc2c1N(C)c1nc(-c2ccc(F)cc2)c(C#N)s1.CCc1nn2c(C)cc(N3CCNCC3)cc2c1N(C)c1nc(-c2ccc(F)cc2)c(C#N)s1. The number of anilines is 6. The molecule has 2 aliphatic heterocycles. The Morgan fingerprint density at radius 2 is 1.07 bits per heavy atom. The van der Waals surface area contributed by atoms with Crippen LogP contribution in [0.15, 0.2) is 72.8 Å². The quantitative estimate of drug-likeness (QED) is 0.124. The van der Waals surface area contributed by atoms with Crippen LogP contribution in [-0.4, -0.2) is 132 Å². The number of rotatable bonds is 12. The maximum absolute atomic E-state index is 13.5. The summed E-state index contributed by atoms with van der Waals surface area (Å²) in [7, 11) is 7.50. The number of hydrogen-bond donors (Lipinski definition) is 1. The van der Waals surface area contributed by atoms with Crippen LogP contribution in [-0.2, 0) is 17.6 Å². The fourth-order valence-electron chi connectivity index (χ4n) is 9.50. The number of carbonyl (C=O) groups is 1. The van der Waals surface area contributed by atoms with Gasteiger partial charge in [0, 0.05) is 114 Å². The maximum Gasteiger partial charge on any atom is 0.236 e. The maximum atomic E-state index is 13.5. The van der Waals surface area contributed by atoms with Gasteiger partial charge in [-0.3, -0.25) is 9.69 Å². The third kappa shape index (κ3) is 10.4. The predicted molar refractivity (Wildman–Crippen MR) is 292 cm³/mol. The second-order valence-electron chi connectivity index (χ2n) is 18.6. The number of aryl methyl sites for hydroxylation is 4. The van der Waals surface area contributed by atoms with Gasteiger partial charge < -0.3 is 29.8 Å². The summed E-state index contributed by atoms with van der Waals surface area (Å²) < 4.78 is 30.9. The van der Waals surface area contributed by atoms with Crippen LogP contribution in [0.25, 0.3) is 33.5 Å². The van der Waals surface area contributed by atoms with Crippen molar-refractivity contribution in [1.29, 1.82) is 10.5 Å². The van der Waals surface area contributed by atoms with E-state index in [0.717, 1.165) is 122 Å². The van der Waals surface area contributed by atoms with Gasteiger partial charge >= 0.3 is 0 Å². The highest BCUT2D eigenvalue weighted by Gasteiger charge is 2.27. The highest BCUT2D eigenvalue weighted by atomic mass is 32.1. The molecule has 20 heteroatoms. The van der Waals surface area contributed by atoms with E-state index in [1.165, 1.54) is 52.6 Å². The Hall–Kier alpha value is -7.49. The number of thiazole rings is 2. The Morgan fingerprint density at radius 3 is 1.46 bits per heavy atom. The van der Waals surface area contributed by atoms with E-state index < -0.39 is 0 Å². The summed E-state index contributed by atoms with van der Waals surface area (Å²) in [4.78, 5) is 35.4. The molecular formula is C54H59F2N15OS2. The molecule has 0 radical (unpaired) electrons. The Balaban J connectivity index is 0.000000184. The van der Waals surface area contributed by atoms with Crippen molar-refractivity contribution in [3.8, 4) is 34.7 Å². The summed E-state index contributed by atoms with van der Waals surface area (Å²) >= 11 is 2.65. The largest absolute Gasteiger partial charge is 0.369 e. The molecule has 382 valence electrons. The number of nitrogens with one attached hydrogen (secondary N) is 1. The van der Waals surface area contributed by atoms with Crippen LogP contribution in [0, 0.1) is 48.1 Å². The molecule has 0 saturated carbocycles. The summed E-state index contributed by atoms with van der Waals surface area (Å²) in [6.07, 6.45) is 1.50. The Labute approximate surface area is 437 Å². The van der Waals surface area contributed by atoms with E-state index in [0.29, 0.717) is 43.5 Å². The third-order valence-corrected chi connectivity index (χ3v) is 15.6. The molecule has 8 aromatic rings. The number of hydrogen-bond acceptors (Lipinski definition) is 15. The lowest BCUT2D eigenvalue weighted by atomic mass is 10.1. The van der Waals surface area contributed by atoms with E-state index in [2.05, 4.69) is 84.1 Å². The van der Waals surface area contributed by atoms with Crippen LogP contribution in [0.3, 0.4) is 0 Å². The monoisotopic (exact) mass is 1040 g/mol. The molecule has 0 atom stereocenters. The molecule has 2 saturated heterocycles. The number of halogens is 2. The van der Waals surface area contributed by atoms with Crippen LogP contribution in [0.4, 0.5) is 41.8 Å². The molecule has 0 aliphatic carbocycles. The lowest BCUT2D eigenvalue weighted by Gasteiger charge is -2.36. The first-order valence-corrected chi connectivity index (χ1v) is 26.3. The molecular weight excluding hydrogens is 977 g/mol. The van der Waals surface area contributed by atoms with Crippen molar-refractivity contribution in [2.75, 3.05) is 107 Å². The summed E-state index contributed by atoms with van der Waals surface area (Å²) in [6, 6.07) is 25.4. The van der Waals surface area contributed by atoms with E-state index in [4.69, 9.17) is 20.2 Å². The van der Waals surface area contributed by atoms with Crippen molar-refractivity contribution in [3.63, 3.8) is 0 Å². The van der Waals surface area contributed by atoms with Crippen LogP contribution in [0.1, 0.15) is 46.4 Å².